The molecule has 22 heavy (non-hydrogen) atoms. The maximum absolute atomic E-state index is 13.0. The summed E-state index contributed by atoms with van der Waals surface area (Å²) in [5, 5.41) is 9.67. The number of benzene rings is 1. The summed E-state index contributed by atoms with van der Waals surface area (Å²) in [6.45, 7) is 1.06. The number of hydrogen-bond acceptors (Lipinski definition) is 3. The van der Waals surface area contributed by atoms with Crippen molar-refractivity contribution in [1.29, 1.82) is 0 Å². The highest BCUT2D eigenvalue weighted by molar-refractivity contribution is 5.79. The number of hydrogen-bond donors (Lipinski definition) is 1. The summed E-state index contributed by atoms with van der Waals surface area (Å²) in [6, 6.07) is 9.78. The van der Waals surface area contributed by atoms with Gasteiger partial charge in [0.1, 0.15) is 6.10 Å². The lowest BCUT2D eigenvalue weighted by atomic mass is 9.87. The maximum atomic E-state index is 13.0. The van der Waals surface area contributed by atoms with E-state index in [-0.39, 0.29) is 30.6 Å². The maximum Gasteiger partial charge on any atom is 0.226 e. The van der Waals surface area contributed by atoms with E-state index in [9.17, 15) is 9.90 Å². The molecule has 1 amide bonds. The minimum absolute atomic E-state index is 0.0615. The third-order valence-electron chi connectivity index (χ3n) is 4.91. The molecular formula is C18H25NO3. The van der Waals surface area contributed by atoms with Gasteiger partial charge in [0.15, 0.2) is 0 Å². The minimum Gasteiger partial charge on any atom is -0.394 e. The average molecular weight is 303 g/mol. The molecule has 0 bridgehead atoms. The predicted molar refractivity (Wildman–Crippen MR) is 84.3 cm³/mol. The van der Waals surface area contributed by atoms with Crippen LogP contribution in [0.3, 0.4) is 0 Å². The second kappa shape index (κ2) is 7.25. The van der Waals surface area contributed by atoms with E-state index in [2.05, 4.69) is 0 Å². The van der Waals surface area contributed by atoms with Crippen LogP contribution < -0.4 is 0 Å². The first-order valence-corrected chi connectivity index (χ1v) is 8.39. The largest absolute Gasteiger partial charge is 0.394 e. The molecular weight excluding hydrogens is 278 g/mol. The summed E-state index contributed by atoms with van der Waals surface area (Å²) in [6.07, 6.45) is 5.22. The molecule has 0 spiro atoms. The molecule has 1 saturated heterocycles. The molecule has 0 aromatic heterocycles. The van der Waals surface area contributed by atoms with Crippen molar-refractivity contribution in [1.82, 2.24) is 4.90 Å². The van der Waals surface area contributed by atoms with Gasteiger partial charge in [0.25, 0.3) is 0 Å². The topological polar surface area (TPSA) is 49.8 Å². The van der Waals surface area contributed by atoms with Gasteiger partial charge in [-0.3, -0.25) is 4.79 Å². The SMILES string of the molecule is O=C(C1CCCCC1)N1CCO[C@H](CO)[C@H]1c1ccccc1. The zero-order chi connectivity index (χ0) is 15.4. The number of morpholine rings is 1. The first-order chi connectivity index (χ1) is 10.8. The number of rotatable bonds is 3. The normalized spacial score (nSPS) is 26.9. The molecule has 1 aliphatic carbocycles. The zero-order valence-corrected chi connectivity index (χ0v) is 13.0. The number of ether oxygens (including phenoxy) is 1. The summed E-state index contributed by atoms with van der Waals surface area (Å²) >= 11 is 0. The molecule has 4 heteroatoms. The Morgan fingerprint density at radius 1 is 1.18 bits per heavy atom. The first kappa shape index (κ1) is 15.5. The molecule has 2 atom stereocenters. The zero-order valence-electron chi connectivity index (χ0n) is 13.0. The minimum atomic E-state index is -0.330. The molecule has 1 aromatic rings. The Labute approximate surface area is 132 Å². The van der Waals surface area contributed by atoms with Crippen molar-refractivity contribution in [3.05, 3.63) is 35.9 Å². The Morgan fingerprint density at radius 3 is 2.59 bits per heavy atom. The van der Waals surface area contributed by atoms with E-state index in [0.29, 0.717) is 13.2 Å². The molecule has 3 rings (SSSR count). The van der Waals surface area contributed by atoms with Gasteiger partial charge in [-0.2, -0.15) is 0 Å². The Hall–Kier alpha value is -1.39. The van der Waals surface area contributed by atoms with Crippen molar-refractivity contribution in [2.75, 3.05) is 19.8 Å². The summed E-state index contributed by atoms with van der Waals surface area (Å²) in [5.74, 6) is 0.396. The Morgan fingerprint density at radius 2 is 1.91 bits per heavy atom. The van der Waals surface area contributed by atoms with E-state index >= 15 is 0 Å². The van der Waals surface area contributed by atoms with Crippen molar-refractivity contribution in [2.45, 2.75) is 44.2 Å². The van der Waals surface area contributed by atoms with Crippen LogP contribution in [-0.2, 0) is 9.53 Å². The molecule has 1 aliphatic heterocycles. The molecule has 0 radical (unpaired) electrons. The second-order valence-corrected chi connectivity index (χ2v) is 6.31. The van der Waals surface area contributed by atoms with Crippen LogP contribution >= 0.6 is 0 Å². The van der Waals surface area contributed by atoms with E-state index in [4.69, 9.17) is 4.74 Å². The first-order valence-electron chi connectivity index (χ1n) is 8.39. The lowest BCUT2D eigenvalue weighted by Gasteiger charge is -2.42. The number of nitrogens with zero attached hydrogens (tertiary/aromatic N) is 1. The van der Waals surface area contributed by atoms with Crippen LogP contribution in [0, 0.1) is 5.92 Å². The van der Waals surface area contributed by atoms with E-state index < -0.39 is 0 Å². The highest BCUT2D eigenvalue weighted by Crippen LogP contribution is 2.33. The van der Waals surface area contributed by atoms with E-state index in [1.54, 1.807) is 0 Å². The molecule has 2 aliphatic rings. The molecule has 0 unspecified atom stereocenters. The number of carbonyl (C=O) groups excluding carboxylic acids is 1. The number of aliphatic hydroxyl groups is 1. The Kier molecular flexibility index (Phi) is 5.11. The molecule has 120 valence electrons. The van der Waals surface area contributed by atoms with Crippen LogP contribution in [0.15, 0.2) is 30.3 Å². The Balaban J connectivity index is 1.84. The predicted octanol–water partition coefficient (Wildman–Crippen LogP) is 2.53. The van der Waals surface area contributed by atoms with Gasteiger partial charge < -0.3 is 14.7 Å². The van der Waals surface area contributed by atoms with Gasteiger partial charge in [0.05, 0.1) is 19.3 Å². The fraction of sp³-hybridized carbons (Fsp3) is 0.611. The van der Waals surface area contributed by atoms with Gasteiger partial charge in [-0.05, 0) is 18.4 Å². The fourth-order valence-corrected chi connectivity index (χ4v) is 3.76. The molecule has 1 aromatic carbocycles. The summed E-state index contributed by atoms with van der Waals surface area (Å²) < 4.78 is 5.72. The van der Waals surface area contributed by atoms with Crippen LogP contribution in [0.4, 0.5) is 0 Å². The number of aliphatic hydroxyl groups excluding tert-OH is 1. The van der Waals surface area contributed by atoms with Gasteiger partial charge in [-0.1, -0.05) is 49.6 Å². The highest BCUT2D eigenvalue weighted by Gasteiger charge is 2.38. The Bertz CT molecular complexity index is 484. The van der Waals surface area contributed by atoms with Gasteiger partial charge >= 0.3 is 0 Å². The average Bonchev–Trinajstić information content (AvgIpc) is 2.62. The van der Waals surface area contributed by atoms with Crippen molar-refractivity contribution < 1.29 is 14.6 Å². The molecule has 4 nitrogen and oxygen atoms in total. The third-order valence-corrected chi connectivity index (χ3v) is 4.91. The van der Waals surface area contributed by atoms with Gasteiger partial charge in [-0.25, -0.2) is 0 Å². The van der Waals surface area contributed by atoms with Gasteiger partial charge in [-0.15, -0.1) is 0 Å². The van der Waals surface area contributed by atoms with E-state index in [1.165, 1.54) is 6.42 Å². The number of amides is 1. The quantitative estimate of drug-likeness (QED) is 0.933. The highest BCUT2D eigenvalue weighted by atomic mass is 16.5. The van der Waals surface area contributed by atoms with E-state index in [1.807, 2.05) is 35.2 Å². The van der Waals surface area contributed by atoms with Crippen LogP contribution in [-0.4, -0.2) is 41.8 Å². The summed E-state index contributed by atoms with van der Waals surface area (Å²) in [7, 11) is 0. The van der Waals surface area contributed by atoms with Crippen molar-refractivity contribution in [3.63, 3.8) is 0 Å². The molecule has 1 saturated carbocycles. The second-order valence-electron chi connectivity index (χ2n) is 6.31. The van der Waals surface area contributed by atoms with E-state index in [0.717, 1.165) is 31.2 Å². The van der Waals surface area contributed by atoms with Crippen LogP contribution in [0.25, 0.3) is 0 Å². The fourth-order valence-electron chi connectivity index (χ4n) is 3.76. The van der Waals surface area contributed by atoms with Crippen LogP contribution in [0.1, 0.15) is 43.7 Å². The van der Waals surface area contributed by atoms with Gasteiger partial charge in [0.2, 0.25) is 5.91 Å². The van der Waals surface area contributed by atoms with Crippen molar-refractivity contribution >= 4 is 5.91 Å². The molecule has 1 heterocycles. The lowest BCUT2D eigenvalue weighted by molar-refractivity contribution is -0.155. The number of carbonyl (C=O) groups is 1. The summed E-state index contributed by atoms with van der Waals surface area (Å²) in [5.41, 5.74) is 1.05. The lowest BCUT2D eigenvalue weighted by Crippen LogP contribution is -2.51. The molecule has 1 N–H and O–H groups in total. The monoisotopic (exact) mass is 303 g/mol. The summed E-state index contributed by atoms with van der Waals surface area (Å²) in [4.78, 5) is 14.9. The smallest absolute Gasteiger partial charge is 0.226 e. The van der Waals surface area contributed by atoms with Crippen molar-refractivity contribution in [3.8, 4) is 0 Å². The van der Waals surface area contributed by atoms with Crippen LogP contribution in [0.5, 0.6) is 0 Å². The van der Waals surface area contributed by atoms with Crippen molar-refractivity contribution in [2.24, 2.45) is 5.92 Å². The third kappa shape index (κ3) is 3.18. The standard InChI is InChI=1S/C18H25NO3/c20-13-16-17(14-7-3-1-4-8-14)19(11-12-22-16)18(21)15-9-5-2-6-10-15/h1,3-4,7-8,15-17,20H,2,5-6,9-13H2/t16-,17-/m1/s1. The van der Waals surface area contributed by atoms with Gasteiger partial charge in [0, 0.05) is 12.5 Å². The van der Waals surface area contributed by atoms with Crippen LogP contribution in [0.2, 0.25) is 0 Å². The molecule has 2 fully saturated rings.